The van der Waals surface area contributed by atoms with Crippen LogP contribution in [0, 0.1) is 5.92 Å². The van der Waals surface area contributed by atoms with Gasteiger partial charge in [0, 0.05) is 23.9 Å². The number of carbonyl (C=O) groups is 1. The average Bonchev–Trinajstić information content (AvgIpc) is 3.14. The van der Waals surface area contributed by atoms with E-state index in [1.54, 1.807) is 11.3 Å². The lowest BCUT2D eigenvalue weighted by molar-refractivity contribution is -0.121. The molecule has 4 rings (SSSR count). The summed E-state index contributed by atoms with van der Waals surface area (Å²) >= 11 is 1.62. The van der Waals surface area contributed by atoms with Crippen LogP contribution in [0.3, 0.4) is 0 Å². The van der Waals surface area contributed by atoms with Gasteiger partial charge in [-0.2, -0.15) is 0 Å². The lowest BCUT2D eigenvalue weighted by Crippen LogP contribution is -2.21. The maximum absolute atomic E-state index is 12.3. The molecule has 0 fully saturated rings. The normalized spacial score (nSPS) is 17.2. The van der Waals surface area contributed by atoms with Gasteiger partial charge in [-0.15, -0.1) is 11.3 Å². The van der Waals surface area contributed by atoms with Crippen molar-refractivity contribution in [1.82, 2.24) is 14.7 Å². The number of nitrogens with one attached hydrogen (secondary N) is 1. The minimum absolute atomic E-state index is 0.0225. The Morgan fingerprint density at radius 3 is 3.15 bits per heavy atom. The third kappa shape index (κ3) is 3.33. The fourth-order valence-electron chi connectivity index (χ4n) is 3.39. The van der Waals surface area contributed by atoms with Crippen molar-refractivity contribution in [3.63, 3.8) is 0 Å². The number of amides is 1. The molecule has 136 valence electrons. The predicted octanol–water partition coefficient (Wildman–Crippen LogP) is 3.97. The van der Waals surface area contributed by atoms with E-state index < -0.39 is 0 Å². The first-order valence-electron chi connectivity index (χ1n) is 9.05. The molecule has 0 spiro atoms. The Morgan fingerprint density at radius 2 is 2.31 bits per heavy atom. The molecular formula is C20H23N3O2S. The number of imidazole rings is 1. The quantitative estimate of drug-likeness (QED) is 0.740. The summed E-state index contributed by atoms with van der Waals surface area (Å²) in [6, 6.07) is 8.14. The Bertz CT molecular complexity index is 928. The molecule has 1 unspecified atom stereocenters. The first-order chi connectivity index (χ1) is 12.6. The van der Waals surface area contributed by atoms with Gasteiger partial charge in [0.05, 0.1) is 24.5 Å². The van der Waals surface area contributed by atoms with E-state index in [1.165, 1.54) is 0 Å². The van der Waals surface area contributed by atoms with Gasteiger partial charge in [0.25, 0.3) is 0 Å². The summed E-state index contributed by atoms with van der Waals surface area (Å²) in [5, 5.41) is 5.00. The minimum Gasteiger partial charge on any atom is -0.494 e. The van der Waals surface area contributed by atoms with Crippen molar-refractivity contribution in [3.05, 3.63) is 52.8 Å². The van der Waals surface area contributed by atoms with Gasteiger partial charge in [-0.1, -0.05) is 26.0 Å². The molecule has 5 nitrogen and oxygen atoms in total. The number of hydrogen-bond acceptors (Lipinski definition) is 4. The van der Waals surface area contributed by atoms with Crippen LogP contribution in [0.25, 0.3) is 4.96 Å². The van der Waals surface area contributed by atoms with Crippen LogP contribution in [-0.4, -0.2) is 21.9 Å². The van der Waals surface area contributed by atoms with E-state index in [1.807, 2.05) is 23.7 Å². The van der Waals surface area contributed by atoms with Crippen LogP contribution in [0.1, 0.15) is 49.6 Å². The number of fused-ring (bicyclic) bond motifs is 3. The highest BCUT2D eigenvalue weighted by molar-refractivity contribution is 7.15. The molecule has 6 heteroatoms. The van der Waals surface area contributed by atoms with Gasteiger partial charge in [-0.25, -0.2) is 4.98 Å². The maximum Gasteiger partial charge on any atom is 0.221 e. The topological polar surface area (TPSA) is 55.6 Å². The number of rotatable bonds is 5. The molecule has 0 radical (unpaired) electrons. The number of thiazole rings is 1. The molecular weight excluding hydrogens is 346 g/mol. The van der Waals surface area contributed by atoms with Crippen LogP contribution in [0.15, 0.2) is 35.8 Å². The molecule has 0 bridgehead atoms. The van der Waals surface area contributed by atoms with Crippen LogP contribution in [0.2, 0.25) is 0 Å². The lowest BCUT2D eigenvalue weighted by atomic mass is 9.91. The molecule has 1 atom stereocenters. The third-order valence-corrected chi connectivity index (χ3v) is 5.53. The van der Waals surface area contributed by atoms with Crippen LogP contribution < -0.4 is 10.1 Å². The highest BCUT2D eigenvalue weighted by Crippen LogP contribution is 2.35. The highest BCUT2D eigenvalue weighted by Gasteiger charge is 2.29. The largest absolute Gasteiger partial charge is 0.494 e. The molecule has 1 amide bonds. The summed E-state index contributed by atoms with van der Waals surface area (Å²) in [5.74, 6) is 1.51. The molecule has 26 heavy (non-hydrogen) atoms. The van der Waals surface area contributed by atoms with Crippen molar-refractivity contribution in [1.29, 1.82) is 0 Å². The predicted molar refractivity (Wildman–Crippen MR) is 103 cm³/mol. The molecule has 0 aliphatic carbocycles. The number of hydrogen-bond donors (Lipinski definition) is 1. The molecule has 0 saturated heterocycles. The zero-order chi connectivity index (χ0) is 18.1. The number of carbonyl (C=O) groups excluding carboxylic acids is 1. The molecule has 2 aromatic heterocycles. The second-order valence-corrected chi connectivity index (χ2v) is 8.01. The SMILES string of the molecule is CC(C)CCOc1cccc(C2CC(=O)NCc3nc4sccn4c32)c1. The number of aromatic nitrogens is 2. The first kappa shape index (κ1) is 17.1. The van der Waals surface area contributed by atoms with Crippen LogP contribution in [-0.2, 0) is 11.3 Å². The van der Waals surface area contributed by atoms with Crippen molar-refractivity contribution >= 4 is 22.2 Å². The number of benzene rings is 1. The monoisotopic (exact) mass is 369 g/mol. The van der Waals surface area contributed by atoms with E-state index in [-0.39, 0.29) is 11.8 Å². The van der Waals surface area contributed by atoms with Crippen molar-refractivity contribution in [2.24, 2.45) is 5.92 Å². The van der Waals surface area contributed by atoms with Gasteiger partial charge in [-0.05, 0) is 30.0 Å². The second-order valence-electron chi connectivity index (χ2n) is 7.14. The van der Waals surface area contributed by atoms with Gasteiger partial charge in [0.2, 0.25) is 5.91 Å². The third-order valence-electron chi connectivity index (χ3n) is 4.77. The van der Waals surface area contributed by atoms with Gasteiger partial charge in [-0.3, -0.25) is 9.20 Å². The van der Waals surface area contributed by atoms with Crippen LogP contribution in [0.5, 0.6) is 5.75 Å². The molecule has 0 saturated carbocycles. The molecule has 1 aromatic carbocycles. The smallest absolute Gasteiger partial charge is 0.221 e. The molecule has 1 N–H and O–H groups in total. The van der Waals surface area contributed by atoms with E-state index in [0.29, 0.717) is 25.5 Å². The lowest BCUT2D eigenvalue weighted by Gasteiger charge is -2.17. The maximum atomic E-state index is 12.3. The number of ether oxygens (including phenoxy) is 1. The second kappa shape index (κ2) is 7.11. The van der Waals surface area contributed by atoms with E-state index >= 15 is 0 Å². The van der Waals surface area contributed by atoms with Crippen LogP contribution >= 0.6 is 11.3 Å². The Balaban J connectivity index is 1.69. The molecule has 3 aromatic rings. The number of nitrogens with zero attached hydrogens (tertiary/aromatic N) is 2. The fourth-order valence-corrected chi connectivity index (χ4v) is 4.13. The summed E-state index contributed by atoms with van der Waals surface area (Å²) in [6.45, 7) is 5.58. The summed E-state index contributed by atoms with van der Waals surface area (Å²) < 4.78 is 8.05. The fraction of sp³-hybridized carbons (Fsp3) is 0.400. The summed E-state index contributed by atoms with van der Waals surface area (Å²) in [7, 11) is 0. The summed E-state index contributed by atoms with van der Waals surface area (Å²) in [4.78, 5) is 17.9. The average molecular weight is 369 g/mol. The standard InChI is InChI=1S/C20H23N3O2S/c1-13(2)6-8-25-15-5-3-4-14(10-15)16-11-18(24)21-12-17-19(16)23-7-9-26-20(23)22-17/h3-5,7,9-10,13,16H,6,8,11-12H2,1-2H3,(H,21,24). The van der Waals surface area contributed by atoms with Crippen molar-refractivity contribution in [2.45, 2.75) is 39.2 Å². The van der Waals surface area contributed by atoms with Gasteiger partial charge < -0.3 is 10.1 Å². The van der Waals surface area contributed by atoms with Crippen molar-refractivity contribution in [3.8, 4) is 5.75 Å². The Morgan fingerprint density at radius 1 is 1.42 bits per heavy atom. The van der Waals surface area contributed by atoms with Gasteiger partial charge in [0.1, 0.15) is 5.75 Å². The summed E-state index contributed by atoms with van der Waals surface area (Å²) in [5.41, 5.74) is 3.16. The Hall–Kier alpha value is -2.34. The van der Waals surface area contributed by atoms with E-state index in [2.05, 4.69) is 35.7 Å². The van der Waals surface area contributed by atoms with Gasteiger partial charge >= 0.3 is 0 Å². The zero-order valence-corrected chi connectivity index (χ0v) is 15.9. The van der Waals surface area contributed by atoms with E-state index in [4.69, 9.17) is 9.72 Å². The molecule has 3 heterocycles. The Labute approximate surface area is 157 Å². The van der Waals surface area contributed by atoms with Crippen molar-refractivity contribution in [2.75, 3.05) is 6.61 Å². The first-order valence-corrected chi connectivity index (χ1v) is 9.93. The zero-order valence-electron chi connectivity index (χ0n) is 15.1. The van der Waals surface area contributed by atoms with Crippen molar-refractivity contribution < 1.29 is 9.53 Å². The molecule has 1 aliphatic rings. The molecule has 1 aliphatic heterocycles. The summed E-state index contributed by atoms with van der Waals surface area (Å²) in [6.07, 6.45) is 3.49. The Kier molecular flexibility index (Phi) is 4.68. The van der Waals surface area contributed by atoms with Gasteiger partial charge in [0.15, 0.2) is 4.96 Å². The van der Waals surface area contributed by atoms with Crippen LogP contribution in [0.4, 0.5) is 0 Å². The minimum atomic E-state index is -0.0225. The van der Waals surface area contributed by atoms with E-state index in [9.17, 15) is 4.79 Å². The highest BCUT2D eigenvalue weighted by atomic mass is 32.1. The van der Waals surface area contributed by atoms with E-state index in [0.717, 1.165) is 34.1 Å².